The Morgan fingerprint density at radius 3 is 2.61 bits per heavy atom. The van der Waals surface area contributed by atoms with E-state index in [0.29, 0.717) is 0 Å². The van der Waals surface area contributed by atoms with Crippen LogP contribution in [0.5, 0.6) is 0 Å². The van der Waals surface area contributed by atoms with E-state index in [1.807, 2.05) is 13.8 Å². The molecule has 1 amide bonds. The highest BCUT2D eigenvalue weighted by Gasteiger charge is 2.38. The van der Waals surface area contributed by atoms with Crippen LogP contribution in [0, 0.1) is 5.82 Å². The van der Waals surface area contributed by atoms with Crippen LogP contribution < -0.4 is 5.32 Å². The van der Waals surface area contributed by atoms with Gasteiger partial charge in [0.15, 0.2) is 5.82 Å². The smallest absolute Gasteiger partial charge is 0.267 e. The predicted molar refractivity (Wildman–Crippen MR) is 118 cm³/mol. The molecule has 1 aromatic carbocycles. The van der Waals surface area contributed by atoms with Gasteiger partial charge in [-0.2, -0.15) is 9.40 Å². The number of sulfonamides is 1. The molecule has 2 atom stereocenters. The highest BCUT2D eigenvalue weighted by molar-refractivity contribution is 7.89. The van der Waals surface area contributed by atoms with Crippen molar-refractivity contribution in [3.8, 4) is 5.69 Å². The van der Waals surface area contributed by atoms with Gasteiger partial charge in [0.25, 0.3) is 5.91 Å². The van der Waals surface area contributed by atoms with Crippen molar-refractivity contribution in [3.63, 3.8) is 0 Å². The normalized spacial score (nSPS) is 20.0. The summed E-state index contributed by atoms with van der Waals surface area (Å²) in [7, 11) is -3.83. The molecule has 0 bridgehead atoms. The Balaban J connectivity index is 1.59. The van der Waals surface area contributed by atoms with Crippen LogP contribution in [0.2, 0.25) is 0 Å². The quantitative estimate of drug-likeness (QED) is 0.614. The number of halogens is 1. The maximum atomic E-state index is 14.5. The summed E-state index contributed by atoms with van der Waals surface area (Å²) in [5, 5.41) is 8.19. The van der Waals surface area contributed by atoms with E-state index >= 15 is 0 Å². The number of thiophene rings is 1. The van der Waals surface area contributed by atoms with Crippen LogP contribution in [0.1, 0.15) is 42.8 Å². The molecule has 2 aromatic heterocycles. The Morgan fingerprint density at radius 2 is 1.97 bits per heavy atom. The van der Waals surface area contributed by atoms with Gasteiger partial charge in [0.2, 0.25) is 10.0 Å². The number of nitrogens with zero attached hydrogens (tertiary/aromatic N) is 3. The summed E-state index contributed by atoms with van der Waals surface area (Å²) >= 11 is 1.05. The third-order valence-corrected chi connectivity index (χ3v) is 8.67. The molecule has 3 heterocycles. The minimum Gasteiger partial charge on any atom is -0.321 e. The first kappa shape index (κ1) is 21.7. The van der Waals surface area contributed by atoms with E-state index in [4.69, 9.17) is 0 Å². The predicted octanol–water partition coefficient (Wildman–Crippen LogP) is 4.28. The lowest BCUT2D eigenvalue weighted by Gasteiger charge is -2.37. The fourth-order valence-electron chi connectivity index (χ4n) is 4.02. The van der Waals surface area contributed by atoms with E-state index < -0.39 is 21.7 Å². The van der Waals surface area contributed by atoms with Crippen LogP contribution in [0.25, 0.3) is 5.69 Å². The zero-order valence-electron chi connectivity index (χ0n) is 17.2. The number of rotatable bonds is 5. The Bertz CT molecular complexity index is 1180. The van der Waals surface area contributed by atoms with Gasteiger partial charge >= 0.3 is 0 Å². The molecule has 31 heavy (non-hydrogen) atoms. The van der Waals surface area contributed by atoms with Gasteiger partial charge < -0.3 is 5.32 Å². The maximum Gasteiger partial charge on any atom is 0.267 e. The van der Waals surface area contributed by atoms with E-state index in [1.54, 1.807) is 23.7 Å². The molecule has 1 aliphatic heterocycles. The maximum absolute atomic E-state index is 14.5. The molecular weight excluding hydrogens is 439 g/mol. The molecule has 7 nitrogen and oxygen atoms in total. The molecule has 1 saturated heterocycles. The lowest BCUT2D eigenvalue weighted by atomic mass is 10.0. The average Bonchev–Trinajstić information content (AvgIpc) is 3.40. The van der Waals surface area contributed by atoms with Crippen LogP contribution >= 0.6 is 11.3 Å². The number of benzene rings is 1. The number of hydrogen-bond donors (Lipinski definition) is 1. The van der Waals surface area contributed by atoms with Gasteiger partial charge in [-0.15, -0.1) is 11.3 Å². The fourth-order valence-corrected chi connectivity index (χ4v) is 7.20. The van der Waals surface area contributed by atoms with Crippen LogP contribution in [-0.2, 0) is 10.0 Å². The van der Waals surface area contributed by atoms with Crippen LogP contribution in [0.3, 0.4) is 0 Å². The number of piperidine rings is 1. The van der Waals surface area contributed by atoms with E-state index in [9.17, 15) is 17.6 Å². The van der Waals surface area contributed by atoms with Gasteiger partial charge in [0.1, 0.15) is 15.5 Å². The molecular formula is C21H23FN4O3S2. The second-order valence-electron chi connectivity index (χ2n) is 7.65. The standard InChI is InChI=1S/C21H23FN4O3S2/c1-14-5-3-6-15(2)26(14)31(28,29)19-9-12-30-20(19)21(27)24-16-7-8-18(17(22)13-16)25-11-4-10-23-25/h4,7-15H,3,5-6H2,1-2H3,(H,24,27)/t14-,15-/m1/s1. The zero-order chi connectivity index (χ0) is 22.2. The molecule has 4 rings (SSSR count). The second-order valence-corrected chi connectivity index (χ2v) is 10.4. The molecule has 10 heteroatoms. The first-order chi connectivity index (χ1) is 14.8. The van der Waals surface area contributed by atoms with Crippen molar-refractivity contribution in [2.45, 2.75) is 50.1 Å². The van der Waals surface area contributed by atoms with E-state index in [2.05, 4.69) is 10.4 Å². The summed E-state index contributed by atoms with van der Waals surface area (Å²) in [5.74, 6) is -1.14. The van der Waals surface area contributed by atoms with E-state index in [1.165, 1.54) is 33.4 Å². The number of amides is 1. The lowest BCUT2D eigenvalue weighted by molar-refractivity contribution is 0.102. The van der Waals surface area contributed by atoms with Crippen molar-refractivity contribution in [1.82, 2.24) is 14.1 Å². The topological polar surface area (TPSA) is 84.3 Å². The minimum atomic E-state index is -3.83. The molecule has 0 aliphatic carbocycles. The number of hydrogen-bond acceptors (Lipinski definition) is 5. The summed E-state index contributed by atoms with van der Waals surface area (Å²) in [6.07, 6.45) is 5.71. The summed E-state index contributed by atoms with van der Waals surface area (Å²) in [6, 6.07) is 7.12. The largest absolute Gasteiger partial charge is 0.321 e. The fraction of sp³-hybridized carbons (Fsp3) is 0.333. The van der Waals surface area contributed by atoms with Gasteiger partial charge in [-0.05, 0) is 62.4 Å². The van der Waals surface area contributed by atoms with E-state index in [-0.39, 0.29) is 33.2 Å². The van der Waals surface area contributed by atoms with Crippen molar-refractivity contribution >= 4 is 33.0 Å². The van der Waals surface area contributed by atoms with Gasteiger partial charge in [0.05, 0.1) is 0 Å². The molecule has 0 radical (unpaired) electrons. The van der Waals surface area contributed by atoms with Gasteiger partial charge in [0, 0.05) is 30.2 Å². The number of aromatic nitrogens is 2. The lowest BCUT2D eigenvalue weighted by Crippen LogP contribution is -2.47. The molecule has 1 aliphatic rings. The van der Waals surface area contributed by atoms with Crippen molar-refractivity contribution < 1.29 is 17.6 Å². The van der Waals surface area contributed by atoms with Gasteiger partial charge in [-0.1, -0.05) is 6.42 Å². The number of anilines is 1. The molecule has 0 unspecified atom stereocenters. The Labute approximate surface area is 184 Å². The van der Waals surface area contributed by atoms with Crippen LogP contribution in [-0.4, -0.2) is 40.5 Å². The molecule has 1 N–H and O–H groups in total. The molecule has 3 aromatic rings. The Morgan fingerprint density at radius 1 is 1.23 bits per heavy atom. The van der Waals surface area contributed by atoms with Crippen LogP contribution in [0.4, 0.5) is 10.1 Å². The summed E-state index contributed by atoms with van der Waals surface area (Å²) < 4.78 is 44.1. The van der Waals surface area contributed by atoms with E-state index in [0.717, 1.165) is 30.6 Å². The second kappa shape index (κ2) is 8.52. The first-order valence-electron chi connectivity index (χ1n) is 10.0. The molecule has 164 valence electrons. The summed E-state index contributed by atoms with van der Waals surface area (Å²) in [5.41, 5.74) is 0.477. The summed E-state index contributed by atoms with van der Waals surface area (Å²) in [4.78, 5) is 13.0. The summed E-state index contributed by atoms with van der Waals surface area (Å²) in [6.45, 7) is 3.78. The van der Waals surface area contributed by atoms with Crippen molar-refractivity contribution in [2.24, 2.45) is 0 Å². The zero-order valence-corrected chi connectivity index (χ0v) is 18.8. The SMILES string of the molecule is C[C@@H]1CCC[C@@H](C)N1S(=O)(=O)c1ccsc1C(=O)Nc1ccc(-n2cccn2)c(F)c1. The van der Waals surface area contributed by atoms with Gasteiger partial charge in [-0.25, -0.2) is 17.5 Å². The van der Waals surface area contributed by atoms with Crippen molar-refractivity contribution in [3.05, 3.63) is 58.8 Å². The third kappa shape index (κ3) is 4.15. The van der Waals surface area contributed by atoms with Crippen molar-refractivity contribution in [1.29, 1.82) is 0 Å². The highest BCUT2D eigenvalue weighted by Crippen LogP contribution is 2.33. The molecule has 0 spiro atoms. The third-order valence-electron chi connectivity index (χ3n) is 5.46. The Hall–Kier alpha value is -2.56. The Kier molecular flexibility index (Phi) is 5.96. The number of carbonyl (C=O) groups is 1. The highest BCUT2D eigenvalue weighted by atomic mass is 32.2. The minimum absolute atomic E-state index is 0.00997. The van der Waals surface area contributed by atoms with Crippen LogP contribution in [0.15, 0.2) is 53.0 Å². The number of carbonyl (C=O) groups excluding carboxylic acids is 1. The first-order valence-corrected chi connectivity index (χ1v) is 12.3. The average molecular weight is 463 g/mol. The molecule has 0 saturated carbocycles. The monoisotopic (exact) mass is 462 g/mol. The molecule has 1 fully saturated rings. The van der Waals surface area contributed by atoms with Gasteiger partial charge in [-0.3, -0.25) is 4.79 Å². The number of nitrogens with one attached hydrogen (secondary N) is 1. The van der Waals surface area contributed by atoms with Crippen molar-refractivity contribution in [2.75, 3.05) is 5.32 Å².